The zero-order valence-corrected chi connectivity index (χ0v) is 19.3. The summed E-state index contributed by atoms with van der Waals surface area (Å²) in [5.41, 5.74) is 0.189. The van der Waals surface area contributed by atoms with E-state index < -0.39 is 41.5 Å². The van der Waals surface area contributed by atoms with Crippen molar-refractivity contribution in [1.82, 2.24) is 0 Å². The van der Waals surface area contributed by atoms with Crippen LogP contribution in [0.25, 0.3) is 0 Å². The molecule has 0 heterocycles. The number of para-hydroxylation sites is 1. The summed E-state index contributed by atoms with van der Waals surface area (Å²) in [5, 5.41) is 0. The summed E-state index contributed by atoms with van der Waals surface area (Å²) in [6, 6.07) is 17.8. The van der Waals surface area contributed by atoms with Gasteiger partial charge in [-0.15, -0.1) is 0 Å². The summed E-state index contributed by atoms with van der Waals surface area (Å²) in [7, 11) is 0. The van der Waals surface area contributed by atoms with Crippen LogP contribution in [-0.2, 0) is 0 Å². The Balaban J connectivity index is 1.56. The van der Waals surface area contributed by atoms with Crippen LogP contribution < -0.4 is 14.2 Å². The Morgan fingerprint density at radius 2 is 1.16 bits per heavy atom. The first kappa shape index (κ1) is 26.6. The molecule has 0 aromatic heterocycles. The van der Waals surface area contributed by atoms with Crippen LogP contribution in [0.4, 0.5) is 26.3 Å². The van der Waals surface area contributed by atoms with Crippen molar-refractivity contribution in [2.75, 3.05) is 0 Å². The topological polar surface area (TPSA) is 44.8 Å². The summed E-state index contributed by atoms with van der Waals surface area (Å²) in [6.07, 6.45) is -9.88. The molecule has 0 N–H and O–H groups in total. The average Bonchev–Trinajstić information content (AvgIpc) is 2.89. The van der Waals surface area contributed by atoms with Crippen LogP contribution in [0.2, 0.25) is 0 Å². The fourth-order valence-electron chi connectivity index (χ4n) is 3.31. The molecule has 4 rings (SSSR count). The van der Waals surface area contributed by atoms with E-state index in [9.17, 15) is 26.7 Å². The molecular formula is C28H18F6O4. The highest BCUT2D eigenvalue weighted by molar-refractivity contribution is 6.09. The first-order valence-corrected chi connectivity index (χ1v) is 11.0. The van der Waals surface area contributed by atoms with Crippen molar-refractivity contribution >= 4 is 5.78 Å². The highest BCUT2D eigenvalue weighted by Crippen LogP contribution is 2.38. The monoisotopic (exact) mass is 532 g/mol. The molecule has 4 aromatic rings. The Morgan fingerprint density at radius 3 is 1.76 bits per heavy atom. The Kier molecular flexibility index (Phi) is 7.61. The van der Waals surface area contributed by atoms with Crippen LogP contribution in [0.3, 0.4) is 0 Å². The van der Waals surface area contributed by atoms with Gasteiger partial charge in [0.2, 0.25) is 0 Å². The average molecular weight is 532 g/mol. The first-order valence-electron chi connectivity index (χ1n) is 11.0. The van der Waals surface area contributed by atoms with E-state index in [-0.39, 0.29) is 16.9 Å². The van der Waals surface area contributed by atoms with E-state index in [1.54, 1.807) is 30.3 Å². The number of hydrogen-bond donors (Lipinski definition) is 0. The molecule has 2 atom stereocenters. The summed E-state index contributed by atoms with van der Waals surface area (Å²) >= 11 is 0. The molecule has 4 aromatic carbocycles. The van der Waals surface area contributed by atoms with Crippen LogP contribution in [-0.4, -0.2) is 24.2 Å². The number of benzene rings is 4. The third kappa shape index (κ3) is 6.44. The molecule has 38 heavy (non-hydrogen) atoms. The van der Waals surface area contributed by atoms with Crippen molar-refractivity contribution in [1.29, 1.82) is 0 Å². The molecule has 0 aliphatic heterocycles. The highest BCUT2D eigenvalue weighted by atomic mass is 19.4. The van der Waals surface area contributed by atoms with Gasteiger partial charge >= 0.3 is 18.4 Å². The lowest BCUT2D eigenvalue weighted by molar-refractivity contribution is -0.325. The number of carbonyl (C=O) groups excluding carboxylic acids is 1. The Labute approximate surface area is 213 Å². The van der Waals surface area contributed by atoms with Crippen molar-refractivity contribution in [3.05, 3.63) is 120 Å². The summed E-state index contributed by atoms with van der Waals surface area (Å²) in [5.74, 6) is -1.66. The smallest absolute Gasteiger partial charge is 0.449 e. The fourth-order valence-corrected chi connectivity index (χ4v) is 3.31. The van der Waals surface area contributed by atoms with Crippen LogP contribution >= 0.6 is 0 Å². The van der Waals surface area contributed by atoms with E-state index in [4.69, 9.17) is 14.2 Å². The minimum Gasteiger partial charge on any atom is -0.457 e. The van der Waals surface area contributed by atoms with Gasteiger partial charge in [0.15, 0.2) is 5.78 Å². The van der Waals surface area contributed by atoms with E-state index in [0.717, 1.165) is 48.5 Å². The molecular weight excluding hydrogens is 514 g/mol. The number of ketones is 1. The van der Waals surface area contributed by atoms with Gasteiger partial charge in [0.25, 0.3) is 0 Å². The summed E-state index contributed by atoms with van der Waals surface area (Å²) < 4.78 is 97.7. The number of ether oxygens (including phenoxy) is 3. The lowest BCUT2D eigenvalue weighted by Gasteiger charge is -2.30. The third-order valence-corrected chi connectivity index (χ3v) is 5.11. The van der Waals surface area contributed by atoms with Gasteiger partial charge in [-0.25, -0.2) is 8.78 Å². The normalized spacial score (nSPS) is 13.7. The van der Waals surface area contributed by atoms with Crippen molar-refractivity contribution in [3.8, 4) is 23.0 Å². The van der Waals surface area contributed by atoms with Crippen molar-refractivity contribution in [2.45, 2.75) is 18.4 Å². The van der Waals surface area contributed by atoms with Crippen LogP contribution in [0.1, 0.15) is 15.9 Å². The predicted molar refractivity (Wildman–Crippen MR) is 125 cm³/mol. The molecule has 10 heteroatoms. The van der Waals surface area contributed by atoms with Gasteiger partial charge in [-0.2, -0.15) is 17.6 Å². The van der Waals surface area contributed by atoms with Crippen molar-refractivity contribution in [2.24, 2.45) is 0 Å². The van der Waals surface area contributed by atoms with E-state index in [0.29, 0.717) is 5.75 Å². The molecule has 4 nitrogen and oxygen atoms in total. The number of hydrogen-bond acceptors (Lipinski definition) is 4. The van der Waals surface area contributed by atoms with Crippen molar-refractivity contribution in [3.63, 3.8) is 0 Å². The molecule has 0 saturated heterocycles. The zero-order chi connectivity index (χ0) is 27.3. The van der Waals surface area contributed by atoms with Crippen molar-refractivity contribution < 1.29 is 45.3 Å². The van der Waals surface area contributed by atoms with E-state index in [1.807, 2.05) is 0 Å². The second-order valence-corrected chi connectivity index (χ2v) is 7.94. The van der Waals surface area contributed by atoms with Gasteiger partial charge in [-0.05, 0) is 72.8 Å². The molecule has 0 amide bonds. The van der Waals surface area contributed by atoms with Crippen LogP contribution in [0.5, 0.6) is 23.0 Å². The van der Waals surface area contributed by atoms with Gasteiger partial charge < -0.3 is 14.2 Å². The van der Waals surface area contributed by atoms with Crippen LogP contribution in [0, 0.1) is 5.82 Å². The molecule has 0 bridgehead atoms. The minimum atomic E-state index is -5.68. The first-order chi connectivity index (χ1) is 18.0. The molecule has 2 unspecified atom stereocenters. The van der Waals surface area contributed by atoms with Gasteiger partial charge in [0, 0.05) is 17.2 Å². The number of carbonyl (C=O) groups is 1. The van der Waals surface area contributed by atoms with E-state index in [2.05, 4.69) is 0 Å². The number of halogens is 6. The SMILES string of the molecule is O=C(c1ccc(F)cc1)c1ccc(OC(F)(Oc2cccc(Oc3ccccc3)c2)C(F)C(F)(F)F)cc1. The molecule has 0 aliphatic rings. The zero-order valence-electron chi connectivity index (χ0n) is 19.3. The third-order valence-electron chi connectivity index (χ3n) is 5.11. The standard InChI is InChI=1S/C28H18F6O4/c29-20-13-9-18(10-14-20)25(35)19-11-15-22(16-12-19)37-28(34,26(30)27(31,32)33)38-24-8-4-7-23(17-24)36-21-5-2-1-3-6-21/h1-17,26H. The molecule has 196 valence electrons. The Hall–Kier alpha value is -4.47. The molecule has 0 fully saturated rings. The predicted octanol–water partition coefficient (Wildman–Crippen LogP) is 7.83. The van der Waals surface area contributed by atoms with Gasteiger partial charge in [0.1, 0.15) is 28.8 Å². The fraction of sp³-hybridized carbons (Fsp3) is 0.107. The molecule has 0 radical (unpaired) electrons. The maximum absolute atomic E-state index is 15.5. The van der Waals surface area contributed by atoms with E-state index in [1.165, 1.54) is 24.3 Å². The van der Waals surface area contributed by atoms with Crippen LogP contribution in [0.15, 0.2) is 103 Å². The highest BCUT2D eigenvalue weighted by Gasteiger charge is 2.61. The van der Waals surface area contributed by atoms with Gasteiger partial charge in [0.05, 0.1) is 0 Å². The maximum atomic E-state index is 15.5. The summed E-state index contributed by atoms with van der Waals surface area (Å²) in [6.45, 7) is 0. The summed E-state index contributed by atoms with van der Waals surface area (Å²) in [4.78, 5) is 12.5. The Bertz CT molecular complexity index is 1380. The lowest BCUT2D eigenvalue weighted by Crippen LogP contribution is -2.53. The molecule has 0 aliphatic carbocycles. The second-order valence-electron chi connectivity index (χ2n) is 7.94. The number of rotatable bonds is 9. The quantitative estimate of drug-likeness (QED) is 0.125. The van der Waals surface area contributed by atoms with Gasteiger partial charge in [-0.1, -0.05) is 24.3 Å². The minimum absolute atomic E-state index is 0.0488. The molecule has 0 saturated carbocycles. The lowest BCUT2D eigenvalue weighted by atomic mass is 10.0. The maximum Gasteiger partial charge on any atom is 0.449 e. The van der Waals surface area contributed by atoms with E-state index >= 15 is 4.39 Å². The Morgan fingerprint density at radius 1 is 0.632 bits per heavy atom. The molecule has 0 spiro atoms. The second kappa shape index (κ2) is 10.9. The van der Waals surface area contributed by atoms with Gasteiger partial charge in [-0.3, -0.25) is 4.79 Å². The largest absolute Gasteiger partial charge is 0.457 e. The number of alkyl halides is 5.